The highest BCUT2D eigenvalue weighted by Crippen LogP contribution is 2.29. The molecule has 186 valence electrons. The molecule has 0 radical (unpaired) electrons. The minimum atomic E-state index is -0.600. The number of rotatable bonds is 10. The number of nitriles is 1. The Bertz CT molecular complexity index is 1330. The summed E-state index contributed by atoms with van der Waals surface area (Å²) in [5.41, 5.74) is 0.824. The molecule has 1 N–H and O–H groups in total. The molecule has 0 spiro atoms. The van der Waals surface area contributed by atoms with Gasteiger partial charge in [0.2, 0.25) is 5.88 Å². The zero-order valence-corrected chi connectivity index (χ0v) is 20.9. The van der Waals surface area contributed by atoms with Gasteiger partial charge in [-0.3, -0.25) is 9.59 Å². The molecule has 2 aromatic carbocycles. The van der Waals surface area contributed by atoms with Gasteiger partial charge >= 0.3 is 0 Å². The quantitative estimate of drug-likeness (QED) is 0.346. The summed E-state index contributed by atoms with van der Waals surface area (Å²) in [4.78, 5) is 28.3. The summed E-state index contributed by atoms with van der Waals surface area (Å²) in [7, 11) is 0. The maximum absolute atomic E-state index is 13.2. The number of benzene rings is 2. The molecule has 8 heteroatoms. The van der Waals surface area contributed by atoms with Gasteiger partial charge in [-0.1, -0.05) is 51.0 Å². The highest BCUT2D eigenvalue weighted by Gasteiger charge is 2.20. The molecule has 0 unspecified atom stereocenters. The van der Waals surface area contributed by atoms with Crippen LogP contribution in [0.5, 0.6) is 5.88 Å². The minimum Gasteiger partial charge on any atom is -0.493 e. The van der Waals surface area contributed by atoms with E-state index in [0.29, 0.717) is 30.0 Å². The van der Waals surface area contributed by atoms with Gasteiger partial charge in [-0.05, 0) is 50.1 Å². The van der Waals surface area contributed by atoms with E-state index in [0.717, 1.165) is 30.3 Å². The second-order valence-corrected chi connectivity index (χ2v) is 8.51. The van der Waals surface area contributed by atoms with Crippen LogP contribution in [0.25, 0.3) is 5.69 Å². The average molecular weight is 486 g/mol. The number of nitrogens with zero attached hydrogens (tertiary/aromatic N) is 5. The van der Waals surface area contributed by atoms with Crippen molar-refractivity contribution in [2.24, 2.45) is 10.2 Å². The molecule has 0 saturated carbocycles. The molecule has 36 heavy (non-hydrogen) atoms. The van der Waals surface area contributed by atoms with Crippen molar-refractivity contribution in [3.05, 3.63) is 81.6 Å². The highest BCUT2D eigenvalue weighted by molar-refractivity contribution is 5.95. The Morgan fingerprint density at radius 1 is 1.03 bits per heavy atom. The van der Waals surface area contributed by atoms with Gasteiger partial charge in [-0.15, -0.1) is 5.11 Å². The van der Waals surface area contributed by atoms with Gasteiger partial charge in [0.1, 0.15) is 11.6 Å². The average Bonchev–Trinajstić information content (AvgIpc) is 2.89. The molecule has 0 fully saturated rings. The summed E-state index contributed by atoms with van der Waals surface area (Å²) < 4.78 is 1.04. The lowest BCUT2D eigenvalue weighted by Gasteiger charge is -2.22. The van der Waals surface area contributed by atoms with E-state index in [-0.39, 0.29) is 22.7 Å². The van der Waals surface area contributed by atoms with Crippen LogP contribution in [0.15, 0.2) is 69.6 Å². The Balaban J connectivity index is 1.99. The summed E-state index contributed by atoms with van der Waals surface area (Å²) in [6, 6.07) is 17.3. The number of unbranched alkanes of at least 4 members (excludes halogenated alkanes) is 2. The van der Waals surface area contributed by atoms with E-state index in [9.17, 15) is 20.0 Å². The van der Waals surface area contributed by atoms with Crippen molar-refractivity contribution in [3.63, 3.8) is 0 Å². The van der Waals surface area contributed by atoms with Crippen LogP contribution in [-0.4, -0.2) is 33.6 Å². The zero-order valence-electron chi connectivity index (χ0n) is 20.9. The summed E-state index contributed by atoms with van der Waals surface area (Å²) >= 11 is 0. The number of azo groups is 1. The van der Waals surface area contributed by atoms with Gasteiger partial charge < -0.3 is 10.0 Å². The largest absolute Gasteiger partial charge is 0.493 e. The van der Waals surface area contributed by atoms with Crippen LogP contribution in [-0.2, 0) is 0 Å². The monoisotopic (exact) mass is 485 g/mol. The lowest BCUT2D eigenvalue weighted by molar-refractivity contribution is 0.0751. The fourth-order valence-corrected chi connectivity index (χ4v) is 3.83. The molecule has 1 amide bonds. The standard InChI is InChI=1S/C28H31N5O3/c1-4-6-16-32(17-7-5-2)26(34)21-12-11-13-22(18-21)30-31-25-20(3)24(19-29)27(35)33(28(25)36)23-14-9-8-10-15-23/h8-15,18,35H,4-7,16-17H2,1-3H3. The molecule has 1 aromatic heterocycles. The maximum Gasteiger partial charge on any atom is 0.286 e. The molecule has 0 aliphatic carbocycles. The summed E-state index contributed by atoms with van der Waals surface area (Å²) in [6.45, 7) is 7.13. The van der Waals surface area contributed by atoms with Crippen molar-refractivity contribution < 1.29 is 9.90 Å². The number of para-hydroxylation sites is 1. The van der Waals surface area contributed by atoms with Crippen LogP contribution in [0.2, 0.25) is 0 Å². The number of carbonyl (C=O) groups excluding carboxylic acids is 1. The predicted octanol–water partition coefficient (Wildman–Crippen LogP) is 6.18. The third-order valence-electron chi connectivity index (χ3n) is 5.91. The number of amides is 1. The first-order valence-electron chi connectivity index (χ1n) is 12.2. The van der Waals surface area contributed by atoms with Gasteiger partial charge in [0.05, 0.1) is 11.4 Å². The molecule has 1 heterocycles. The molecule has 0 saturated heterocycles. The third-order valence-corrected chi connectivity index (χ3v) is 5.91. The van der Waals surface area contributed by atoms with Crippen LogP contribution < -0.4 is 5.56 Å². The Morgan fingerprint density at radius 2 is 1.69 bits per heavy atom. The Kier molecular flexibility index (Phi) is 9.12. The summed E-state index contributed by atoms with van der Waals surface area (Å²) in [5.74, 6) is -0.509. The SMILES string of the molecule is CCCCN(CCCC)C(=O)c1cccc(N=Nc2c(C)c(C#N)c(O)n(-c3ccccc3)c2=O)c1. The third kappa shape index (κ3) is 5.87. The first-order chi connectivity index (χ1) is 17.4. The summed E-state index contributed by atoms with van der Waals surface area (Å²) in [5, 5.41) is 28.6. The second-order valence-electron chi connectivity index (χ2n) is 8.51. The molecule has 0 atom stereocenters. The van der Waals surface area contributed by atoms with Crippen molar-refractivity contribution in [1.29, 1.82) is 5.26 Å². The van der Waals surface area contributed by atoms with Crippen LogP contribution in [0, 0.1) is 18.3 Å². The van der Waals surface area contributed by atoms with Crippen LogP contribution >= 0.6 is 0 Å². The van der Waals surface area contributed by atoms with Gasteiger partial charge in [0, 0.05) is 24.2 Å². The van der Waals surface area contributed by atoms with Crippen LogP contribution in [0.1, 0.15) is 61.0 Å². The molecular weight excluding hydrogens is 454 g/mol. The number of aromatic nitrogens is 1. The fraction of sp³-hybridized carbons (Fsp3) is 0.321. The van der Waals surface area contributed by atoms with Crippen LogP contribution in [0.3, 0.4) is 0 Å². The van der Waals surface area contributed by atoms with E-state index in [4.69, 9.17) is 0 Å². The molecule has 8 nitrogen and oxygen atoms in total. The van der Waals surface area contributed by atoms with Gasteiger partial charge in [-0.2, -0.15) is 10.4 Å². The molecule has 3 aromatic rings. The van der Waals surface area contributed by atoms with E-state index in [1.54, 1.807) is 61.5 Å². The molecule has 0 aliphatic heterocycles. The predicted molar refractivity (Wildman–Crippen MR) is 139 cm³/mol. The number of carbonyl (C=O) groups is 1. The fourth-order valence-electron chi connectivity index (χ4n) is 3.83. The van der Waals surface area contributed by atoms with Crippen molar-refractivity contribution in [2.45, 2.75) is 46.5 Å². The van der Waals surface area contributed by atoms with E-state index < -0.39 is 11.4 Å². The normalized spacial score (nSPS) is 10.9. The molecular formula is C28H31N5O3. The molecule has 0 bridgehead atoms. The Hall–Kier alpha value is -4.25. The topological polar surface area (TPSA) is 111 Å². The number of aromatic hydroxyl groups is 1. The van der Waals surface area contributed by atoms with E-state index in [1.165, 1.54) is 0 Å². The van der Waals surface area contributed by atoms with Crippen molar-refractivity contribution in [3.8, 4) is 17.6 Å². The Morgan fingerprint density at radius 3 is 2.31 bits per heavy atom. The summed E-state index contributed by atoms with van der Waals surface area (Å²) in [6.07, 6.45) is 3.87. The first-order valence-corrected chi connectivity index (χ1v) is 12.2. The van der Waals surface area contributed by atoms with Crippen LogP contribution in [0.4, 0.5) is 11.4 Å². The number of hydrogen-bond acceptors (Lipinski definition) is 6. The lowest BCUT2D eigenvalue weighted by Crippen LogP contribution is -2.32. The number of pyridine rings is 1. The highest BCUT2D eigenvalue weighted by atomic mass is 16.3. The minimum absolute atomic E-state index is 0.0566. The van der Waals surface area contributed by atoms with E-state index in [1.807, 2.05) is 11.0 Å². The first kappa shape index (κ1) is 26.4. The molecule has 0 aliphatic rings. The van der Waals surface area contributed by atoms with Gasteiger partial charge in [0.25, 0.3) is 11.5 Å². The van der Waals surface area contributed by atoms with E-state index in [2.05, 4.69) is 24.1 Å². The maximum atomic E-state index is 13.2. The Labute approximate surface area is 211 Å². The lowest BCUT2D eigenvalue weighted by atomic mass is 10.1. The van der Waals surface area contributed by atoms with E-state index >= 15 is 0 Å². The smallest absolute Gasteiger partial charge is 0.286 e. The van der Waals surface area contributed by atoms with Crippen molar-refractivity contribution in [2.75, 3.05) is 13.1 Å². The van der Waals surface area contributed by atoms with Gasteiger partial charge in [-0.25, -0.2) is 4.57 Å². The zero-order chi connectivity index (χ0) is 26.1. The van der Waals surface area contributed by atoms with Gasteiger partial charge in [0.15, 0.2) is 5.69 Å². The van der Waals surface area contributed by atoms with Crippen molar-refractivity contribution >= 4 is 17.3 Å². The second kappa shape index (κ2) is 12.5. The molecule has 3 rings (SSSR count). The van der Waals surface area contributed by atoms with Crippen molar-refractivity contribution in [1.82, 2.24) is 9.47 Å². The number of hydrogen-bond donors (Lipinski definition) is 1.